The summed E-state index contributed by atoms with van der Waals surface area (Å²) < 4.78 is 0. The molecular formula is C31H27N. The van der Waals surface area contributed by atoms with Crippen molar-refractivity contribution in [1.82, 2.24) is 0 Å². The third-order valence-electron chi connectivity index (χ3n) is 5.64. The Labute approximate surface area is 191 Å². The van der Waals surface area contributed by atoms with Crippen LogP contribution in [0.25, 0.3) is 27.8 Å². The van der Waals surface area contributed by atoms with Gasteiger partial charge in [0.25, 0.3) is 0 Å². The molecule has 0 saturated carbocycles. The van der Waals surface area contributed by atoms with Crippen LogP contribution in [0.1, 0.15) is 13.4 Å². The number of benzene rings is 4. The predicted molar refractivity (Wildman–Crippen MR) is 139 cm³/mol. The topological polar surface area (TPSA) is 12.0 Å². The van der Waals surface area contributed by atoms with E-state index in [4.69, 9.17) is 0 Å². The predicted octanol–water partition coefficient (Wildman–Crippen LogP) is 8.61. The van der Waals surface area contributed by atoms with Gasteiger partial charge in [0, 0.05) is 18.4 Å². The van der Waals surface area contributed by atoms with E-state index < -0.39 is 0 Å². The Kier molecular flexibility index (Phi) is 5.80. The normalized spacial score (nSPS) is 13.1. The first kappa shape index (κ1) is 19.8. The second-order valence-corrected chi connectivity index (χ2v) is 7.89. The molecule has 0 atom stereocenters. The van der Waals surface area contributed by atoms with Gasteiger partial charge in [-0.2, -0.15) is 0 Å². The summed E-state index contributed by atoms with van der Waals surface area (Å²) in [5.41, 5.74) is 9.41. The SMILES string of the molecule is C1=CC(Nc2cc(-c3ccccc3)cc(-c3ccccc3)c2)=C(c2ccccc2)C=CC1.[HH]. The lowest BCUT2D eigenvalue weighted by Crippen LogP contribution is -2.01. The van der Waals surface area contributed by atoms with Crippen molar-refractivity contribution in [3.63, 3.8) is 0 Å². The summed E-state index contributed by atoms with van der Waals surface area (Å²) >= 11 is 0. The quantitative estimate of drug-likeness (QED) is 0.345. The Morgan fingerprint density at radius 2 is 1.00 bits per heavy atom. The molecule has 156 valence electrons. The third-order valence-corrected chi connectivity index (χ3v) is 5.64. The van der Waals surface area contributed by atoms with Crippen LogP contribution < -0.4 is 5.32 Å². The fourth-order valence-electron chi connectivity index (χ4n) is 4.06. The Morgan fingerprint density at radius 3 is 1.56 bits per heavy atom. The van der Waals surface area contributed by atoms with E-state index in [9.17, 15) is 0 Å². The summed E-state index contributed by atoms with van der Waals surface area (Å²) in [6.45, 7) is 0. The van der Waals surface area contributed by atoms with Crippen molar-refractivity contribution >= 4 is 11.3 Å². The van der Waals surface area contributed by atoms with E-state index in [0.717, 1.165) is 17.8 Å². The minimum Gasteiger partial charge on any atom is -0.355 e. The average Bonchev–Trinajstić information content (AvgIpc) is 3.11. The number of hydrogen-bond acceptors (Lipinski definition) is 1. The fraction of sp³-hybridized carbons (Fsp3) is 0.0323. The summed E-state index contributed by atoms with van der Waals surface area (Å²) in [5.74, 6) is 0. The van der Waals surface area contributed by atoms with E-state index in [2.05, 4.69) is 139 Å². The van der Waals surface area contributed by atoms with Gasteiger partial charge in [0.05, 0.1) is 0 Å². The summed E-state index contributed by atoms with van der Waals surface area (Å²) in [4.78, 5) is 0. The zero-order valence-electron chi connectivity index (χ0n) is 17.9. The van der Waals surface area contributed by atoms with Crippen molar-refractivity contribution < 1.29 is 1.43 Å². The summed E-state index contributed by atoms with van der Waals surface area (Å²) in [7, 11) is 0. The monoisotopic (exact) mass is 413 g/mol. The van der Waals surface area contributed by atoms with Gasteiger partial charge in [0.15, 0.2) is 0 Å². The highest BCUT2D eigenvalue weighted by molar-refractivity contribution is 5.84. The van der Waals surface area contributed by atoms with Crippen molar-refractivity contribution in [2.45, 2.75) is 6.42 Å². The molecule has 5 rings (SSSR count). The van der Waals surface area contributed by atoms with Gasteiger partial charge in [-0.15, -0.1) is 0 Å². The lowest BCUT2D eigenvalue weighted by Gasteiger charge is -2.16. The Hall–Kier alpha value is -4.10. The number of allylic oxidation sites excluding steroid dienone is 5. The van der Waals surface area contributed by atoms with E-state index in [-0.39, 0.29) is 1.43 Å². The molecule has 0 aliphatic heterocycles. The molecule has 32 heavy (non-hydrogen) atoms. The van der Waals surface area contributed by atoms with Gasteiger partial charge in [-0.3, -0.25) is 0 Å². The van der Waals surface area contributed by atoms with Gasteiger partial charge in [-0.25, -0.2) is 0 Å². The van der Waals surface area contributed by atoms with Crippen molar-refractivity contribution in [2.24, 2.45) is 0 Å². The fourth-order valence-corrected chi connectivity index (χ4v) is 4.06. The lowest BCUT2D eigenvalue weighted by atomic mass is 9.97. The van der Waals surface area contributed by atoms with E-state index in [1.807, 2.05) is 0 Å². The van der Waals surface area contributed by atoms with Crippen molar-refractivity contribution in [3.8, 4) is 22.3 Å². The zero-order chi connectivity index (χ0) is 21.6. The number of anilines is 1. The summed E-state index contributed by atoms with van der Waals surface area (Å²) in [5, 5.41) is 3.73. The van der Waals surface area contributed by atoms with Gasteiger partial charge in [-0.1, -0.05) is 109 Å². The molecule has 0 radical (unpaired) electrons. The van der Waals surface area contributed by atoms with Crippen LogP contribution in [0.5, 0.6) is 0 Å². The molecule has 0 amide bonds. The molecule has 0 saturated heterocycles. The van der Waals surface area contributed by atoms with Crippen molar-refractivity contribution in [3.05, 3.63) is 145 Å². The van der Waals surface area contributed by atoms with Crippen LogP contribution in [-0.4, -0.2) is 0 Å². The molecule has 1 heteroatoms. The van der Waals surface area contributed by atoms with Crippen molar-refractivity contribution in [1.29, 1.82) is 0 Å². The maximum Gasteiger partial charge on any atom is 0.0460 e. The van der Waals surface area contributed by atoms with Crippen LogP contribution in [0, 0.1) is 0 Å². The second kappa shape index (κ2) is 9.36. The smallest absolute Gasteiger partial charge is 0.0460 e. The molecule has 0 unspecified atom stereocenters. The van der Waals surface area contributed by atoms with Gasteiger partial charge in [0.2, 0.25) is 0 Å². The highest BCUT2D eigenvalue weighted by Gasteiger charge is 2.10. The molecule has 1 nitrogen and oxygen atoms in total. The van der Waals surface area contributed by atoms with E-state index in [1.165, 1.54) is 33.4 Å². The minimum absolute atomic E-state index is 0. The first-order valence-corrected chi connectivity index (χ1v) is 11.0. The molecule has 4 aromatic carbocycles. The highest BCUT2D eigenvalue weighted by Crippen LogP contribution is 2.32. The number of hydrogen-bond donors (Lipinski definition) is 1. The van der Waals surface area contributed by atoms with Crippen LogP contribution in [0.15, 0.2) is 139 Å². The van der Waals surface area contributed by atoms with Crippen LogP contribution in [0.4, 0.5) is 5.69 Å². The maximum absolute atomic E-state index is 3.73. The molecule has 1 aliphatic rings. The van der Waals surface area contributed by atoms with E-state index >= 15 is 0 Å². The molecule has 0 spiro atoms. The van der Waals surface area contributed by atoms with Crippen LogP contribution in [0.3, 0.4) is 0 Å². The van der Waals surface area contributed by atoms with Crippen molar-refractivity contribution in [2.75, 3.05) is 5.32 Å². The third kappa shape index (κ3) is 4.48. The molecule has 4 aromatic rings. The van der Waals surface area contributed by atoms with Crippen LogP contribution in [0.2, 0.25) is 0 Å². The van der Waals surface area contributed by atoms with E-state index in [0.29, 0.717) is 0 Å². The van der Waals surface area contributed by atoms with Gasteiger partial charge < -0.3 is 5.32 Å². The first-order valence-electron chi connectivity index (χ1n) is 11.0. The minimum atomic E-state index is 0. The molecule has 0 bridgehead atoms. The second-order valence-electron chi connectivity index (χ2n) is 7.89. The number of rotatable bonds is 5. The first-order chi connectivity index (χ1) is 15.9. The van der Waals surface area contributed by atoms with Gasteiger partial charge in [-0.05, 0) is 58.5 Å². The van der Waals surface area contributed by atoms with Crippen LogP contribution >= 0.6 is 0 Å². The van der Waals surface area contributed by atoms with E-state index in [1.54, 1.807) is 0 Å². The summed E-state index contributed by atoms with van der Waals surface area (Å²) in [6.07, 6.45) is 9.76. The Bertz CT molecular complexity index is 1230. The molecule has 1 aliphatic carbocycles. The molecule has 0 fully saturated rings. The van der Waals surface area contributed by atoms with Gasteiger partial charge >= 0.3 is 0 Å². The van der Waals surface area contributed by atoms with Gasteiger partial charge in [0.1, 0.15) is 0 Å². The molecule has 0 aromatic heterocycles. The average molecular weight is 414 g/mol. The Morgan fingerprint density at radius 1 is 0.500 bits per heavy atom. The van der Waals surface area contributed by atoms with Crippen LogP contribution in [-0.2, 0) is 0 Å². The Balaban J connectivity index is 0.00000259. The zero-order valence-corrected chi connectivity index (χ0v) is 17.9. The largest absolute Gasteiger partial charge is 0.355 e. The molecule has 0 heterocycles. The highest BCUT2D eigenvalue weighted by atomic mass is 14.9. The maximum atomic E-state index is 3.73. The lowest BCUT2D eigenvalue weighted by molar-refractivity contribution is 1.39. The summed E-state index contributed by atoms with van der Waals surface area (Å²) in [6, 6.07) is 38.4. The number of nitrogens with one attached hydrogen (secondary N) is 1. The standard InChI is InChI=1S/C31H25N.H2/c1-5-13-24(14-6-1)27-21-28(25-15-7-2-8-16-25)23-29(22-27)32-31-20-12-4-11-19-30(31)26-17-9-3-10-18-26;/h1-3,5-23,32H,4H2;1H. The molecule has 1 N–H and O–H groups in total. The molecular weight excluding hydrogens is 386 g/mol.